The van der Waals surface area contributed by atoms with E-state index in [0.29, 0.717) is 28.5 Å². The Balaban J connectivity index is 1.71. The lowest BCUT2D eigenvalue weighted by Crippen LogP contribution is -2.58. The maximum absolute atomic E-state index is 13.7. The van der Waals surface area contributed by atoms with Crippen molar-refractivity contribution in [1.29, 1.82) is 0 Å². The van der Waals surface area contributed by atoms with E-state index in [1.165, 1.54) is 14.0 Å². The molecule has 0 spiro atoms. The van der Waals surface area contributed by atoms with Gasteiger partial charge >= 0.3 is 6.09 Å². The Hall–Kier alpha value is -5.67. The maximum atomic E-state index is 13.7. The molecule has 0 fully saturated rings. The minimum atomic E-state index is -2.12. The van der Waals surface area contributed by atoms with Crippen LogP contribution in [0.15, 0.2) is 78.9 Å². The van der Waals surface area contributed by atoms with Gasteiger partial charge in [0, 0.05) is 5.69 Å². The number of nitrogens with one attached hydrogen (secondary N) is 4. The summed E-state index contributed by atoms with van der Waals surface area (Å²) in [6.07, 6.45) is -6.09. The summed E-state index contributed by atoms with van der Waals surface area (Å²) in [4.78, 5) is 64.3. The zero-order chi connectivity index (χ0) is 39.9. The van der Waals surface area contributed by atoms with Crippen LogP contribution in [-0.2, 0) is 30.3 Å². The lowest BCUT2D eigenvalue weighted by atomic mass is 9.96. The molecule has 0 aromatic heterocycles. The second-order valence-corrected chi connectivity index (χ2v) is 13.6. The summed E-state index contributed by atoms with van der Waals surface area (Å²) in [6, 6.07) is 18.8. The van der Waals surface area contributed by atoms with Gasteiger partial charge in [-0.2, -0.15) is 0 Å². The first-order chi connectivity index (χ1) is 25.6. The number of anilines is 1. The van der Waals surface area contributed by atoms with Gasteiger partial charge in [-0.3, -0.25) is 24.5 Å². The highest BCUT2D eigenvalue weighted by atomic mass is 16.6. The van der Waals surface area contributed by atoms with Crippen molar-refractivity contribution in [2.45, 2.75) is 83.9 Å². The number of nitrogens with two attached hydrogens (primary N) is 1. The normalized spacial score (nSPS) is 14.4. The number of hydrogen-bond donors (Lipinski definition) is 7. The third-order valence-electron chi connectivity index (χ3n) is 8.24. The van der Waals surface area contributed by atoms with Crippen LogP contribution >= 0.6 is 0 Å². The molecule has 15 nitrogen and oxygen atoms in total. The van der Waals surface area contributed by atoms with Crippen LogP contribution < -0.4 is 36.5 Å². The number of methoxy groups -OCH3 is 1. The van der Waals surface area contributed by atoms with Gasteiger partial charge in [-0.05, 0) is 85.7 Å². The van der Waals surface area contributed by atoms with Crippen LogP contribution in [0, 0.1) is 11.8 Å². The van der Waals surface area contributed by atoms with Gasteiger partial charge in [-0.1, -0.05) is 58.0 Å². The molecule has 6 atom stereocenters. The summed E-state index contributed by atoms with van der Waals surface area (Å²) in [5.41, 5.74) is 6.38. The van der Waals surface area contributed by atoms with E-state index in [4.69, 9.17) is 19.9 Å². The SMILES string of the molecule is COc1ccc(CC(NC(=O)[C@@H](OC(=O)Nc2ccc(Oc3ccccc3)cc2)C(C)C)C(O)C(O)C(=O)N[C@@H](C)C(=O)NC(CC(C)C)C(N)=O)cc1. The molecule has 3 aromatic rings. The monoisotopic (exact) mass is 749 g/mol. The molecule has 0 bridgehead atoms. The molecular weight excluding hydrogens is 698 g/mol. The number of para-hydroxylation sites is 1. The number of ether oxygens (including phenoxy) is 3. The Morgan fingerprint density at radius 1 is 0.722 bits per heavy atom. The zero-order valence-electron chi connectivity index (χ0n) is 31.3. The molecular formula is C39H51N5O10. The maximum Gasteiger partial charge on any atom is 0.412 e. The molecule has 0 saturated carbocycles. The molecule has 0 heterocycles. The Morgan fingerprint density at radius 3 is 1.87 bits per heavy atom. The largest absolute Gasteiger partial charge is 0.497 e. The van der Waals surface area contributed by atoms with Gasteiger partial charge in [-0.15, -0.1) is 0 Å². The van der Waals surface area contributed by atoms with Gasteiger partial charge in [0.1, 0.15) is 35.4 Å². The second-order valence-electron chi connectivity index (χ2n) is 13.6. The minimum Gasteiger partial charge on any atom is -0.497 e. The van der Waals surface area contributed by atoms with Crippen LogP contribution in [0.4, 0.5) is 10.5 Å². The topological polar surface area (TPSA) is 228 Å². The quantitative estimate of drug-likeness (QED) is 0.0948. The summed E-state index contributed by atoms with van der Waals surface area (Å²) in [5.74, 6) is -2.16. The lowest BCUT2D eigenvalue weighted by molar-refractivity contribution is -0.142. The number of rotatable bonds is 19. The molecule has 4 unspecified atom stereocenters. The van der Waals surface area contributed by atoms with E-state index in [1.54, 1.807) is 74.5 Å². The van der Waals surface area contributed by atoms with E-state index in [0.717, 1.165) is 0 Å². The number of hydrogen-bond acceptors (Lipinski definition) is 10. The van der Waals surface area contributed by atoms with Gasteiger partial charge in [-0.25, -0.2) is 4.79 Å². The highest BCUT2D eigenvalue weighted by Gasteiger charge is 2.37. The number of aliphatic hydroxyl groups excluding tert-OH is 2. The minimum absolute atomic E-state index is 0.0379. The number of primary amides is 1. The van der Waals surface area contributed by atoms with Crippen LogP contribution in [0.25, 0.3) is 0 Å². The second kappa shape index (κ2) is 20.5. The van der Waals surface area contributed by atoms with Gasteiger partial charge in [0.05, 0.1) is 13.2 Å². The molecule has 5 amide bonds. The van der Waals surface area contributed by atoms with Crippen molar-refractivity contribution in [2.75, 3.05) is 12.4 Å². The van der Waals surface area contributed by atoms with E-state index >= 15 is 0 Å². The average Bonchev–Trinajstić information content (AvgIpc) is 3.13. The molecule has 0 aliphatic heterocycles. The fourth-order valence-electron chi connectivity index (χ4n) is 5.28. The number of amides is 5. The van der Waals surface area contributed by atoms with E-state index in [9.17, 15) is 34.2 Å². The molecule has 0 radical (unpaired) electrons. The molecule has 54 heavy (non-hydrogen) atoms. The number of aliphatic hydroxyl groups is 2. The van der Waals surface area contributed by atoms with Crippen molar-refractivity contribution in [1.82, 2.24) is 16.0 Å². The molecule has 8 N–H and O–H groups in total. The molecule has 0 aliphatic carbocycles. The van der Waals surface area contributed by atoms with Crippen LogP contribution in [0.2, 0.25) is 0 Å². The fraction of sp³-hybridized carbons (Fsp3) is 0.410. The molecule has 0 saturated heterocycles. The van der Waals surface area contributed by atoms with E-state index < -0.39 is 72.1 Å². The van der Waals surface area contributed by atoms with Crippen LogP contribution in [0.3, 0.4) is 0 Å². The Bertz CT molecular complexity index is 1690. The number of carbonyl (C=O) groups is 5. The van der Waals surface area contributed by atoms with Gasteiger partial charge in [0.15, 0.2) is 12.2 Å². The smallest absolute Gasteiger partial charge is 0.412 e. The van der Waals surface area contributed by atoms with Crippen LogP contribution in [-0.4, -0.2) is 83.5 Å². The molecule has 3 aromatic carbocycles. The van der Waals surface area contributed by atoms with Crippen molar-refractivity contribution >= 4 is 35.4 Å². The zero-order valence-corrected chi connectivity index (χ0v) is 31.3. The average molecular weight is 750 g/mol. The summed E-state index contributed by atoms with van der Waals surface area (Å²) >= 11 is 0. The lowest BCUT2D eigenvalue weighted by Gasteiger charge is -2.30. The highest BCUT2D eigenvalue weighted by Crippen LogP contribution is 2.23. The number of carbonyl (C=O) groups excluding carboxylic acids is 5. The first-order valence-electron chi connectivity index (χ1n) is 17.6. The number of benzene rings is 3. The first-order valence-corrected chi connectivity index (χ1v) is 17.6. The third-order valence-corrected chi connectivity index (χ3v) is 8.24. The van der Waals surface area contributed by atoms with Crippen molar-refractivity contribution < 1.29 is 48.4 Å². The van der Waals surface area contributed by atoms with Crippen LogP contribution in [0.1, 0.15) is 46.6 Å². The van der Waals surface area contributed by atoms with Crippen molar-refractivity contribution in [3.8, 4) is 17.2 Å². The molecule has 15 heteroatoms. The molecule has 292 valence electrons. The standard InChI is InChI=1S/C39H51N5O10/c1-22(2)20-31(35(40)47)44-36(48)24(5)41-37(49)33(46)32(45)30(21-25-12-16-27(52-6)17-13-25)43-38(50)34(23(3)4)54-39(51)42-26-14-18-29(19-15-26)53-28-10-8-7-9-11-28/h7-19,22-24,30-34,45-46H,20-21H2,1-6H3,(H2,40,47)(H,41,49)(H,42,51)(H,43,50)(H,44,48)/t24-,30?,31?,32?,33?,34-/m0/s1. The summed E-state index contributed by atoms with van der Waals surface area (Å²) < 4.78 is 16.5. The fourth-order valence-corrected chi connectivity index (χ4v) is 5.28. The summed E-state index contributed by atoms with van der Waals surface area (Å²) in [6.45, 7) is 8.33. The first kappa shape index (κ1) is 42.7. The summed E-state index contributed by atoms with van der Waals surface area (Å²) in [7, 11) is 1.49. The van der Waals surface area contributed by atoms with Crippen molar-refractivity contribution in [2.24, 2.45) is 17.6 Å². The highest BCUT2D eigenvalue weighted by molar-refractivity contribution is 5.92. The van der Waals surface area contributed by atoms with E-state index in [1.807, 2.05) is 32.0 Å². The summed E-state index contributed by atoms with van der Waals surface area (Å²) in [5, 5.41) is 32.3. The van der Waals surface area contributed by atoms with Crippen molar-refractivity contribution in [3.63, 3.8) is 0 Å². The predicted molar refractivity (Wildman–Crippen MR) is 201 cm³/mol. The molecule has 3 rings (SSSR count). The van der Waals surface area contributed by atoms with E-state index in [2.05, 4.69) is 21.3 Å². The van der Waals surface area contributed by atoms with E-state index in [-0.39, 0.29) is 18.8 Å². The third kappa shape index (κ3) is 13.4. The predicted octanol–water partition coefficient (Wildman–Crippen LogP) is 3.03. The van der Waals surface area contributed by atoms with Gasteiger partial charge < -0.3 is 46.1 Å². The molecule has 0 aliphatic rings. The Morgan fingerprint density at radius 2 is 1.31 bits per heavy atom. The van der Waals surface area contributed by atoms with Gasteiger partial charge in [0.25, 0.3) is 11.8 Å². The van der Waals surface area contributed by atoms with Crippen molar-refractivity contribution in [3.05, 3.63) is 84.4 Å². The Kier molecular flexibility index (Phi) is 16.3. The Labute approximate surface area is 314 Å². The van der Waals surface area contributed by atoms with Crippen LogP contribution in [0.5, 0.6) is 17.2 Å². The van der Waals surface area contributed by atoms with Gasteiger partial charge in [0.2, 0.25) is 11.8 Å².